The van der Waals surface area contributed by atoms with Crippen LogP contribution in [0.4, 0.5) is 0 Å². The summed E-state index contributed by atoms with van der Waals surface area (Å²) < 4.78 is 1.87. The molecule has 1 aliphatic heterocycles. The lowest BCUT2D eigenvalue weighted by Crippen LogP contribution is -2.24. The summed E-state index contributed by atoms with van der Waals surface area (Å²) in [4.78, 5) is 12.2. The van der Waals surface area contributed by atoms with Crippen LogP contribution < -0.4 is 0 Å². The predicted octanol–water partition coefficient (Wildman–Crippen LogP) is 4.19. The fourth-order valence-electron chi connectivity index (χ4n) is 3.48. The molecule has 0 unspecified atom stereocenters. The van der Waals surface area contributed by atoms with Gasteiger partial charge in [0.2, 0.25) is 5.91 Å². The number of rotatable bonds is 3. The monoisotopic (exact) mass is 358 g/mol. The normalized spacial score (nSPS) is 16.5. The molecule has 1 aromatic heterocycles. The van der Waals surface area contributed by atoms with Crippen LogP contribution in [-0.4, -0.2) is 26.4 Å². The van der Waals surface area contributed by atoms with Crippen LogP contribution in [0.25, 0.3) is 5.69 Å². The summed E-state index contributed by atoms with van der Waals surface area (Å²) in [7, 11) is 0. The fraction of sp³-hybridized carbons (Fsp3) is 0.227. The Morgan fingerprint density at radius 3 is 2.41 bits per heavy atom. The average Bonchev–Trinajstić information content (AvgIpc) is 3.27. The maximum atomic E-state index is 12.2. The van der Waals surface area contributed by atoms with Crippen molar-refractivity contribution in [3.63, 3.8) is 0 Å². The van der Waals surface area contributed by atoms with Gasteiger partial charge in [0.25, 0.3) is 0 Å². The fourth-order valence-corrected chi connectivity index (χ4v) is 3.48. The van der Waals surface area contributed by atoms with Crippen LogP contribution in [0.2, 0.25) is 0 Å². The van der Waals surface area contributed by atoms with Crippen molar-refractivity contribution in [1.82, 2.24) is 14.8 Å². The summed E-state index contributed by atoms with van der Waals surface area (Å²) in [5, 5.41) is 10.9. The van der Waals surface area contributed by atoms with Gasteiger partial charge < -0.3 is 0 Å². The van der Waals surface area contributed by atoms with E-state index in [1.807, 2.05) is 48.1 Å². The molecule has 1 aliphatic rings. The molecule has 3 aromatic rings. The van der Waals surface area contributed by atoms with Crippen LogP contribution >= 0.6 is 0 Å². The van der Waals surface area contributed by atoms with Crippen molar-refractivity contribution in [2.75, 3.05) is 0 Å². The van der Waals surface area contributed by atoms with Gasteiger partial charge in [0.15, 0.2) is 0 Å². The lowest BCUT2D eigenvalue weighted by atomic mass is 9.98. The molecular formula is C22H22N4O. The summed E-state index contributed by atoms with van der Waals surface area (Å²) in [6.07, 6.45) is 2.70. The second-order valence-electron chi connectivity index (χ2n) is 6.95. The van der Waals surface area contributed by atoms with Crippen molar-refractivity contribution in [2.24, 2.45) is 5.10 Å². The first-order valence-corrected chi connectivity index (χ1v) is 9.09. The molecule has 2 aromatic carbocycles. The number of aryl methyl sites for hydroxylation is 2. The van der Waals surface area contributed by atoms with Crippen LogP contribution in [0, 0.1) is 13.8 Å². The zero-order chi connectivity index (χ0) is 19.0. The van der Waals surface area contributed by atoms with Crippen molar-refractivity contribution < 1.29 is 4.79 Å². The highest BCUT2D eigenvalue weighted by molar-refractivity contribution is 6.03. The number of benzene rings is 2. The molecule has 0 spiro atoms. The van der Waals surface area contributed by atoms with Gasteiger partial charge in [0.05, 0.1) is 23.1 Å². The van der Waals surface area contributed by atoms with Gasteiger partial charge in [-0.05, 0) is 31.5 Å². The van der Waals surface area contributed by atoms with E-state index in [9.17, 15) is 4.79 Å². The van der Waals surface area contributed by atoms with Gasteiger partial charge in [-0.2, -0.15) is 10.2 Å². The number of para-hydroxylation sites is 1. The quantitative estimate of drug-likeness (QED) is 0.705. The minimum absolute atomic E-state index is 0.0611. The van der Waals surface area contributed by atoms with Crippen LogP contribution in [0.3, 0.4) is 0 Å². The van der Waals surface area contributed by atoms with Gasteiger partial charge >= 0.3 is 0 Å². The molecule has 5 nitrogen and oxygen atoms in total. The Morgan fingerprint density at radius 2 is 1.74 bits per heavy atom. The van der Waals surface area contributed by atoms with E-state index in [2.05, 4.69) is 41.4 Å². The molecule has 0 saturated carbocycles. The highest BCUT2D eigenvalue weighted by Crippen LogP contribution is 2.34. The molecule has 2 heterocycles. The second-order valence-corrected chi connectivity index (χ2v) is 6.95. The van der Waals surface area contributed by atoms with Gasteiger partial charge in [0.1, 0.15) is 0 Å². The number of hydrazone groups is 1. The number of carbonyl (C=O) groups excluding carboxylic acids is 1. The number of amides is 1. The SMILES string of the molecule is CC(=O)N1N=C(c2ccc(C)cc2)C[C@H]1c1cn(-c2ccccc2)nc1C. The van der Waals surface area contributed by atoms with Crippen LogP contribution in [0.15, 0.2) is 65.9 Å². The molecule has 4 rings (SSSR count). The van der Waals surface area contributed by atoms with Crippen molar-refractivity contribution in [2.45, 2.75) is 33.2 Å². The number of carbonyl (C=O) groups is 1. The average molecular weight is 358 g/mol. The first kappa shape index (κ1) is 17.2. The minimum Gasteiger partial charge on any atom is -0.273 e. The molecule has 0 fully saturated rings. The molecule has 0 saturated heterocycles. The Hall–Kier alpha value is -3.21. The summed E-state index contributed by atoms with van der Waals surface area (Å²) in [6, 6.07) is 18.1. The number of hydrogen-bond donors (Lipinski definition) is 0. The summed E-state index contributed by atoms with van der Waals surface area (Å²) in [5.74, 6) is -0.0611. The van der Waals surface area contributed by atoms with Crippen molar-refractivity contribution in [1.29, 1.82) is 0 Å². The zero-order valence-electron chi connectivity index (χ0n) is 15.8. The molecular weight excluding hydrogens is 336 g/mol. The lowest BCUT2D eigenvalue weighted by molar-refractivity contribution is -0.130. The van der Waals surface area contributed by atoms with Gasteiger partial charge in [-0.1, -0.05) is 48.0 Å². The van der Waals surface area contributed by atoms with E-state index in [0.29, 0.717) is 6.42 Å². The van der Waals surface area contributed by atoms with E-state index in [0.717, 1.165) is 28.2 Å². The summed E-state index contributed by atoms with van der Waals surface area (Å²) >= 11 is 0. The Morgan fingerprint density at radius 1 is 1.04 bits per heavy atom. The molecule has 27 heavy (non-hydrogen) atoms. The Labute approximate surface area is 158 Å². The molecule has 136 valence electrons. The van der Waals surface area contributed by atoms with E-state index >= 15 is 0 Å². The summed E-state index contributed by atoms with van der Waals surface area (Å²) in [6.45, 7) is 5.61. The van der Waals surface area contributed by atoms with E-state index in [4.69, 9.17) is 0 Å². The van der Waals surface area contributed by atoms with Gasteiger partial charge in [-0.3, -0.25) is 4.79 Å². The van der Waals surface area contributed by atoms with Crippen molar-refractivity contribution in [3.05, 3.63) is 83.2 Å². The molecule has 0 radical (unpaired) electrons. The van der Waals surface area contributed by atoms with Crippen molar-refractivity contribution in [3.8, 4) is 5.69 Å². The maximum Gasteiger partial charge on any atom is 0.240 e. The Balaban J connectivity index is 1.68. The zero-order valence-corrected chi connectivity index (χ0v) is 15.8. The van der Waals surface area contributed by atoms with Crippen molar-refractivity contribution >= 4 is 11.6 Å². The van der Waals surface area contributed by atoms with E-state index in [-0.39, 0.29) is 11.9 Å². The predicted molar refractivity (Wildman–Crippen MR) is 106 cm³/mol. The number of nitrogens with zero attached hydrogens (tertiary/aromatic N) is 4. The summed E-state index contributed by atoms with van der Waals surface area (Å²) in [5.41, 5.74) is 6.14. The third-order valence-corrected chi connectivity index (χ3v) is 4.93. The topological polar surface area (TPSA) is 50.5 Å². The van der Waals surface area contributed by atoms with Gasteiger partial charge in [-0.25, -0.2) is 9.69 Å². The van der Waals surface area contributed by atoms with Gasteiger partial charge in [0, 0.05) is 25.1 Å². The smallest absolute Gasteiger partial charge is 0.240 e. The van der Waals surface area contributed by atoms with Crippen LogP contribution in [0.5, 0.6) is 0 Å². The Bertz CT molecular complexity index is 1000. The molecule has 0 aliphatic carbocycles. The molecule has 5 heteroatoms. The van der Waals surface area contributed by atoms with E-state index in [1.54, 1.807) is 11.9 Å². The first-order valence-electron chi connectivity index (χ1n) is 9.09. The standard InChI is InChI=1S/C22H22N4O/c1-15-9-11-18(12-10-15)21-13-22(26(24-21)17(3)27)20-14-25(23-16(20)2)19-7-5-4-6-8-19/h4-12,14,22H,13H2,1-3H3/t22-/m0/s1. The first-order chi connectivity index (χ1) is 13.0. The largest absolute Gasteiger partial charge is 0.273 e. The van der Waals surface area contributed by atoms with Crippen LogP contribution in [-0.2, 0) is 4.79 Å². The molecule has 1 atom stereocenters. The molecule has 0 bridgehead atoms. The Kier molecular flexibility index (Phi) is 4.36. The second kappa shape index (κ2) is 6.83. The van der Waals surface area contributed by atoms with E-state index < -0.39 is 0 Å². The maximum absolute atomic E-state index is 12.2. The molecule has 0 N–H and O–H groups in total. The van der Waals surface area contributed by atoms with E-state index in [1.165, 1.54) is 5.56 Å². The minimum atomic E-state index is -0.128. The lowest BCUT2D eigenvalue weighted by Gasteiger charge is -2.19. The number of hydrogen-bond acceptors (Lipinski definition) is 3. The van der Waals surface area contributed by atoms with Gasteiger partial charge in [-0.15, -0.1) is 0 Å². The highest BCUT2D eigenvalue weighted by atomic mass is 16.2. The number of aromatic nitrogens is 2. The highest BCUT2D eigenvalue weighted by Gasteiger charge is 2.33. The third-order valence-electron chi connectivity index (χ3n) is 4.93. The molecule has 1 amide bonds. The third kappa shape index (κ3) is 3.28. The van der Waals surface area contributed by atoms with Crippen LogP contribution in [0.1, 0.15) is 41.8 Å².